The van der Waals surface area contributed by atoms with Crippen LogP contribution in [0.4, 0.5) is 5.69 Å². The Kier molecular flexibility index (Phi) is 8.39. The molecule has 0 spiro atoms. The van der Waals surface area contributed by atoms with E-state index < -0.39 is 5.97 Å². The van der Waals surface area contributed by atoms with Crippen LogP contribution >= 0.6 is 27.7 Å². The van der Waals surface area contributed by atoms with Gasteiger partial charge < -0.3 is 9.30 Å². The number of thioether (sulfide) groups is 1. The highest BCUT2D eigenvalue weighted by atomic mass is 79.9. The molecule has 0 saturated carbocycles. The number of aliphatic imine (C=N–C) groups is 1. The molecule has 2 heterocycles. The third-order valence-electron chi connectivity index (χ3n) is 5.96. The summed E-state index contributed by atoms with van der Waals surface area (Å²) < 4.78 is 8.46. The van der Waals surface area contributed by atoms with E-state index in [-0.39, 0.29) is 6.61 Å². The Bertz CT molecular complexity index is 1600. The van der Waals surface area contributed by atoms with Crippen LogP contribution in [0.15, 0.2) is 124 Å². The summed E-state index contributed by atoms with van der Waals surface area (Å²) in [6, 6.07) is 31.8. The van der Waals surface area contributed by atoms with Gasteiger partial charge in [-0.1, -0.05) is 81.8 Å². The second kappa shape index (κ2) is 12.3. The Balaban J connectivity index is 1.76. The first-order chi connectivity index (χ1) is 19.0. The summed E-state index contributed by atoms with van der Waals surface area (Å²) in [5.74, 6) is -0.396. The van der Waals surface area contributed by atoms with Crippen molar-refractivity contribution in [1.82, 2.24) is 9.55 Å². The van der Waals surface area contributed by atoms with Crippen LogP contribution in [0.2, 0.25) is 0 Å². The fraction of sp³-hybridized carbons (Fsp3) is 0.0938. The summed E-state index contributed by atoms with van der Waals surface area (Å²) in [7, 11) is 0. The number of rotatable bonds is 7. The zero-order valence-corrected chi connectivity index (χ0v) is 23.9. The number of carbonyl (C=O) groups excluding carboxylic acids is 1. The molecule has 0 radical (unpaired) electrons. The first kappa shape index (κ1) is 26.7. The van der Waals surface area contributed by atoms with E-state index in [4.69, 9.17) is 9.73 Å². The van der Waals surface area contributed by atoms with Crippen LogP contribution in [0.3, 0.4) is 0 Å². The molecule has 5 aromatic rings. The van der Waals surface area contributed by atoms with E-state index in [1.807, 2.05) is 103 Å². The van der Waals surface area contributed by atoms with Crippen molar-refractivity contribution in [3.05, 3.63) is 131 Å². The molecule has 0 fully saturated rings. The second-order valence-electron chi connectivity index (χ2n) is 8.73. The smallest absolute Gasteiger partial charge is 0.340 e. The molecule has 7 heteroatoms. The van der Waals surface area contributed by atoms with Crippen molar-refractivity contribution in [2.45, 2.75) is 18.9 Å². The number of benzene rings is 3. The zero-order chi connectivity index (χ0) is 27.2. The highest BCUT2D eigenvalue weighted by Crippen LogP contribution is 2.40. The van der Waals surface area contributed by atoms with Crippen LogP contribution < -0.4 is 0 Å². The number of hydrogen-bond acceptors (Lipinski definition) is 5. The molecule has 3 aromatic carbocycles. The van der Waals surface area contributed by atoms with Crippen LogP contribution in [0, 0.1) is 6.92 Å². The number of nitrogens with zero attached hydrogens (tertiary/aromatic N) is 3. The van der Waals surface area contributed by atoms with E-state index in [2.05, 4.69) is 40.0 Å². The van der Waals surface area contributed by atoms with Gasteiger partial charge in [0.05, 0.1) is 28.6 Å². The van der Waals surface area contributed by atoms with Gasteiger partial charge in [0, 0.05) is 33.7 Å². The van der Waals surface area contributed by atoms with Crippen molar-refractivity contribution in [3.8, 4) is 16.9 Å². The molecule has 5 nitrogen and oxygen atoms in total. The fourth-order valence-corrected chi connectivity index (χ4v) is 5.48. The van der Waals surface area contributed by atoms with Gasteiger partial charge in [0.15, 0.2) is 0 Å². The molecule has 0 bridgehead atoms. The lowest BCUT2D eigenvalue weighted by Crippen LogP contribution is -2.05. The van der Waals surface area contributed by atoms with Crippen molar-refractivity contribution in [2.75, 3.05) is 6.61 Å². The lowest BCUT2D eigenvalue weighted by atomic mass is 10.1. The molecule has 0 atom stereocenters. The highest BCUT2D eigenvalue weighted by Gasteiger charge is 2.26. The van der Waals surface area contributed by atoms with Crippen LogP contribution in [0.1, 0.15) is 28.4 Å². The predicted octanol–water partition coefficient (Wildman–Crippen LogP) is 8.66. The molecular weight excluding hydrogens is 570 g/mol. The minimum absolute atomic E-state index is 0.274. The van der Waals surface area contributed by atoms with Gasteiger partial charge in [-0.25, -0.2) is 9.79 Å². The predicted molar refractivity (Wildman–Crippen MR) is 162 cm³/mol. The number of hydrogen-bond donors (Lipinski definition) is 0. The van der Waals surface area contributed by atoms with Gasteiger partial charge in [0.1, 0.15) is 5.04 Å². The molecular formula is C32H26BrN3O2S. The lowest BCUT2D eigenvalue weighted by molar-refractivity contribution is 0.0527. The normalized spacial score (nSPS) is 11.4. The monoisotopic (exact) mass is 595 g/mol. The molecule has 39 heavy (non-hydrogen) atoms. The molecule has 2 aromatic heterocycles. The van der Waals surface area contributed by atoms with E-state index in [9.17, 15) is 4.79 Å². The number of aromatic nitrogens is 2. The fourth-order valence-electron chi connectivity index (χ4n) is 4.06. The Morgan fingerprint density at radius 1 is 0.949 bits per heavy atom. The lowest BCUT2D eigenvalue weighted by Gasteiger charge is -2.14. The quantitative estimate of drug-likeness (QED) is 0.0817. The number of halogens is 1. The highest BCUT2D eigenvalue weighted by molar-refractivity contribution is 9.10. The van der Waals surface area contributed by atoms with E-state index in [0.29, 0.717) is 16.8 Å². The Hall–Kier alpha value is -3.94. The van der Waals surface area contributed by atoms with Crippen molar-refractivity contribution in [3.63, 3.8) is 0 Å². The van der Waals surface area contributed by atoms with Gasteiger partial charge >= 0.3 is 5.97 Å². The summed E-state index contributed by atoms with van der Waals surface area (Å²) in [6.07, 6.45) is 3.57. The number of aryl methyl sites for hydroxylation is 1. The zero-order valence-electron chi connectivity index (χ0n) is 21.5. The van der Waals surface area contributed by atoms with E-state index in [1.54, 1.807) is 6.20 Å². The Morgan fingerprint density at radius 3 is 2.33 bits per heavy atom. The second-order valence-corrected chi connectivity index (χ2v) is 10.6. The minimum Gasteiger partial charge on any atom is -0.462 e. The molecule has 5 rings (SSSR count). The molecule has 0 aliphatic heterocycles. The Labute approximate surface area is 240 Å². The van der Waals surface area contributed by atoms with E-state index in [0.717, 1.165) is 31.5 Å². The summed E-state index contributed by atoms with van der Waals surface area (Å²) in [6.45, 7) is 4.14. The van der Waals surface area contributed by atoms with Gasteiger partial charge in [-0.3, -0.25) is 4.98 Å². The summed E-state index contributed by atoms with van der Waals surface area (Å²) >= 11 is 5.03. The van der Waals surface area contributed by atoms with E-state index in [1.165, 1.54) is 17.3 Å². The SMILES string of the molecule is CCOC(=O)c1cn(-c2ccc(Br)cc2)c(SC(=Nc2ccc(C)cc2)c2ccccc2)c1-c1ccccn1. The van der Waals surface area contributed by atoms with Crippen LogP contribution in [0.25, 0.3) is 16.9 Å². The van der Waals surface area contributed by atoms with Gasteiger partial charge in [-0.15, -0.1) is 0 Å². The summed E-state index contributed by atoms with van der Waals surface area (Å²) in [4.78, 5) is 22.9. The minimum atomic E-state index is -0.396. The standard InChI is InChI=1S/C32H26BrN3O2S/c1-3-38-32(37)27-21-36(26-18-14-24(33)15-19-26)31(29(27)28-11-7-8-20-34-28)39-30(23-9-5-4-6-10-23)35-25-16-12-22(2)13-17-25/h4-21H,3H2,1-2H3. The van der Waals surface area contributed by atoms with Gasteiger partial charge in [-0.2, -0.15) is 0 Å². The molecule has 0 unspecified atom stereocenters. The van der Waals surface area contributed by atoms with E-state index >= 15 is 0 Å². The van der Waals surface area contributed by atoms with Crippen LogP contribution in [-0.2, 0) is 4.74 Å². The maximum atomic E-state index is 13.3. The van der Waals surface area contributed by atoms with Crippen molar-refractivity contribution >= 4 is 44.4 Å². The summed E-state index contributed by atoms with van der Waals surface area (Å²) in [5.41, 5.74) is 5.72. The maximum absolute atomic E-state index is 13.3. The molecule has 0 N–H and O–H groups in total. The molecule has 194 valence electrons. The average Bonchev–Trinajstić information content (AvgIpc) is 3.34. The first-order valence-corrected chi connectivity index (χ1v) is 14.1. The molecule has 0 aliphatic carbocycles. The topological polar surface area (TPSA) is 56.5 Å². The van der Waals surface area contributed by atoms with Gasteiger partial charge in [0.2, 0.25) is 0 Å². The Morgan fingerprint density at radius 2 is 1.67 bits per heavy atom. The number of esters is 1. The number of carbonyl (C=O) groups is 1. The van der Waals surface area contributed by atoms with Gasteiger partial charge in [-0.05, 0) is 62.4 Å². The van der Waals surface area contributed by atoms with Crippen molar-refractivity contribution in [2.24, 2.45) is 4.99 Å². The summed E-state index contributed by atoms with van der Waals surface area (Å²) in [5, 5.41) is 1.61. The third-order valence-corrected chi connectivity index (χ3v) is 7.60. The maximum Gasteiger partial charge on any atom is 0.340 e. The van der Waals surface area contributed by atoms with Crippen molar-refractivity contribution < 1.29 is 9.53 Å². The molecule has 0 aliphatic rings. The molecule has 0 amide bonds. The van der Waals surface area contributed by atoms with Crippen LogP contribution in [-0.4, -0.2) is 27.2 Å². The van der Waals surface area contributed by atoms with Gasteiger partial charge in [0.25, 0.3) is 0 Å². The average molecular weight is 597 g/mol. The third kappa shape index (κ3) is 6.21. The number of ether oxygens (including phenoxy) is 1. The van der Waals surface area contributed by atoms with Crippen LogP contribution in [0.5, 0.6) is 0 Å². The largest absolute Gasteiger partial charge is 0.462 e. The number of pyridine rings is 1. The van der Waals surface area contributed by atoms with Crippen molar-refractivity contribution in [1.29, 1.82) is 0 Å². The first-order valence-electron chi connectivity index (χ1n) is 12.5. The molecule has 0 saturated heterocycles.